The van der Waals surface area contributed by atoms with E-state index >= 15 is 0 Å². The number of amides is 1. The Balaban J connectivity index is 1.99. The highest BCUT2D eigenvalue weighted by molar-refractivity contribution is 5.94. The molecular weight excluding hydrogens is 206 g/mol. The summed E-state index contributed by atoms with van der Waals surface area (Å²) >= 11 is 0. The molecule has 2 aromatic heterocycles. The van der Waals surface area contributed by atoms with Crippen LogP contribution in [-0.4, -0.2) is 26.3 Å². The van der Waals surface area contributed by atoms with Crippen LogP contribution in [0, 0.1) is 13.8 Å². The van der Waals surface area contributed by atoms with Crippen LogP contribution in [0.5, 0.6) is 0 Å². The molecule has 0 saturated heterocycles. The Kier molecular flexibility index (Phi) is 2.72. The van der Waals surface area contributed by atoms with Crippen LogP contribution in [0.3, 0.4) is 0 Å². The molecule has 6 nitrogen and oxygen atoms in total. The molecule has 0 radical (unpaired) electrons. The Labute approximate surface area is 92.5 Å². The van der Waals surface area contributed by atoms with Gasteiger partial charge >= 0.3 is 0 Å². The van der Waals surface area contributed by atoms with Crippen LogP contribution in [0.4, 0.5) is 0 Å². The van der Waals surface area contributed by atoms with Crippen molar-refractivity contribution in [2.75, 3.05) is 0 Å². The largest absolute Gasteiger partial charge is 0.348 e. The maximum absolute atomic E-state index is 11.7. The first kappa shape index (κ1) is 10.4. The summed E-state index contributed by atoms with van der Waals surface area (Å²) in [5, 5.41) is 16.0. The molecule has 6 heteroatoms. The number of hydrogen-bond acceptors (Lipinski definition) is 3. The van der Waals surface area contributed by atoms with Crippen molar-refractivity contribution in [3.8, 4) is 0 Å². The van der Waals surface area contributed by atoms with Gasteiger partial charge in [0, 0.05) is 23.5 Å². The predicted molar refractivity (Wildman–Crippen MR) is 57.8 cm³/mol. The van der Waals surface area contributed by atoms with Crippen LogP contribution >= 0.6 is 0 Å². The van der Waals surface area contributed by atoms with Gasteiger partial charge in [-0.25, -0.2) is 0 Å². The van der Waals surface area contributed by atoms with Crippen LogP contribution < -0.4 is 5.32 Å². The van der Waals surface area contributed by atoms with E-state index in [-0.39, 0.29) is 5.91 Å². The first-order valence-corrected chi connectivity index (χ1v) is 4.95. The summed E-state index contributed by atoms with van der Waals surface area (Å²) in [4.78, 5) is 11.7. The first-order valence-electron chi connectivity index (χ1n) is 4.95. The van der Waals surface area contributed by atoms with Gasteiger partial charge in [0.05, 0.1) is 18.0 Å². The predicted octanol–water partition coefficient (Wildman–Crippen LogP) is 0.680. The van der Waals surface area contributed by atoms with Gasteiger partial charge in [0.1, 0.15) is 0 Å². The van der Waals surface area contributed by atoms with Gasteiger partial charge in [0.25, 0.3) is 5.91 Å². The Morgan fingerprint density at radius 3 is 2.50 bits per heavy atom. The molecule has 0 aliphatic heterocycles. The Bertz CT molecular complexity index is 499. The molecule has 0 atom stereocenters. The van der Waals surface area contributed by atoms with E-state index in [4.69, 9.17) is 0 Å². The van der Waals surface area contributed by atoms with Gasteiger partial charge in [-0.1, -0.05) is 0 Å². The van der Waals surface area contributed by atoms with Gasteiger partial charge in [-0.2, -0.15) is 10.2 Å². The van der Waals surface area contributed by atoms with Gasteiger partial charge in [-0.05, 0) is 13.8 Å². The number of aromatic amines is 2. The van der Waals surface area contributed by atoms with Crippen molar-refractivity contribution in [2.24, 2.45) is 0 Å². The quantitative estimate of drug-likeness (QED) is 0.709. The second kappa shape index (κ2) is 4.18. The lowest BCUT2D eigenvalue weighted by Gasteiger charge is -2.03. The summed E-state index contributed by atoms with van der Waals surface area (Å²) in [5.41, 5.74) is 3.28. The van der Waals surface area contributed by atoms with E-state index < -0.39 is 0 Å². The van der Waals surface area contributed by atoms with Crippen LogP contribution in [0.25, 0.3) is 0 Å². The minimum absolute atomic E-state index is 0.133. The summed E-state index contributed by atoms with van der Waals surface area (Å²) in [7, 11) is 0. The zero-order valence-electron chi connectivity index (χ0n) is 9.16. The highest BCUT2D eigenvalue weighted by Gasteiger charge is 2.10. The number of carbonyl (C=O) groups excluding carboxylic acids is 1. The van der Waals surface area contributed by atoms with E-state index in [0.717, 1.165) is 17.0 Å². The van der Waals surface area contributed by atoms with E-state index in [0.29, 0.717) is 12.1 Å². The molecule has 84 valence electrons. The van der Waals surface area contributed by atoms with E-state index in [2.05, 4.69) is 25.7 Å². The maximum atomic E-state index is 11.7. The van der Waals surface area contributed by atoms with E-state index in [9.17, 15) is 4.79 Å². The number of carbonyl (C=O) groups is 1. The molecule has 16 heavy (non-hydrogen) atoms. The number of aromatic nitrogens is 4. The van der Waals surface area contributed by atoms with Crippen LogP contribution in [0.1, 0.15) is 27.3 Å². The second-order valence-corrected chi connectivity index (χ2v) is 3.61. The van der Waals surface area contributed by atoms with Gasteiger partial charge in [0.15, 0.2) is 0 Å². The summed E-state index contributed by atoms with van der Waals surface area (Å²) in [6, 6.07) is 0. The lowest BCUT2D eigenvalue weighted by Crippen LogP contribution is -2.23. The van der Waals surface area contributed by atoms with E-state index in [1.807, 2.05) is 13.8 Å². The zero-order valence-corrected chi connectivity index (χ0v) is 9.16. The molecule has 3 N–H and O–H groups in total. The summed E-state index contributed by atoms with van der Waals surface area (Å²) in [6.07, 6.45) is 3.23. The minimum Gasteiger partial charge on any atom is -0.348 e. The molecule has 0 aliphatic carbocycles. The lowest BCUT2D eigenvalue weighted by atomic mass is 10.2. The zero-order chi connectivity index (χ0) is 11.5. The smallest absolute Gasteiger partial charge is 0.255 e. The van der Waals surface area contributed by atoms with Gasteiger partial charge < -0.3 is 5.32 Å². The molecule has 2 heterocycles. The third-order valence-corrected chi connectivity index (χ3v) is 2.45. The summed E-state index contributed by atoms with van der Waals surface area (Å²) < 4.78 is 0. The molecule has 2 aromatic rings. The van der Waals surface area contributed by atoms with Crippen molar-refractivity contribution in [3.05, 3.63) is 34.9 Å². The van der Waals surface area contributed by atoms with Crippen molar-refractivity contribution in [3.63, 3.8) is 0 Å². The monoisotopic (exact) mass is 219 g/mol. The molecule has 0 aromatic carbocycles. The molecule has 0 bridgehead atoms. The topological polar surface area (TPSA) is 86.5 Å². The minimum atomic E-state index is -0.133. The lowest BCUT2D eigenvalue weighted by molar-refractivity contribution is 0.0950. The average molecular weight is 219 g/mol. The SMILES string of the molecule is Cc1[nH]ncc1CNC(=O)c1cn[nH]c1C. The fourth-order valence-electron chi connectivity index (χ4n) is 1.40. The van der Waals surface area contributed by atoms with Crippen LogP contribution in [0.15, 0.2) is 12.4 Å². The van der Waals surface area contributed by atoms with Crippen LogP contribution in [0.2, 0.25) is 0 Å². The van der Waals surface area contributed by atoms with Gasteiger partial charge in [0.2, 0.25) is 0 Å². The van der Waals surface area contributed by atoms with Crippen molar-refractivity contribution in [1.82, 2.24) is 25.7 Å². The van der Waals surface area contributed by atoms with Crippen molar-refractivity contribution >= 4 is 5.91 Å². The molecular formula is C10H13N5O. The Hall–Kier alpha value is -2.11. The van der Waals surface area contributed by atoms with E-state index in [1.54, 1.807) is 6.20 Å². The first-order chi connectivity index (χ1) is 7.68. The molecule has 0 spiro atoms. The number of nitrogens with zero attached hydrogens (tertiary/aromatic N) is 2. The number of rotatable bonds is 3. The molecule has 0 saturated carbocycles. The third kappa shape index (κ3) is 1.95. The van der Waals surface area contributed by atoms with E-state index in [1.165, 1.54) is 6.20 Å². The Morgan fingerprint density at radius 2 is 1.94 bits per heavy atom. The molecule has 0 unspecified atom stereocenters. The Morgan fingerprint density at radius 1 is 1.25 bits per heavy atom. The number of nitrogens with one attached hydrogen (secondary N) is 3. The second-order valence-electron chi connectivity index (χ2n) is 3.61. The third-order valence-electron chi connectivity index (χ3n) is 2.45. The fourth-order valence-corrected chi connectivity index (χ4v) is 1.40. The average Bonchev–Trinajstić information content (AvgIpc) is 2.84. The fraction of sp³-hybridized carbons (Fsp3) is 0.300. The van der Waals surface area contributed by atoms with Crippen LogP contribution in [-0.2, 0) is 6.54 Å². The molecule has 1 amide bonds. The highest BCUT2D eigenvalue weighted by atomic mass is 16.1. The van der Waals surface area contributed by atoms with Gasteiger partial charge in [-0.3, -0.25) is 15.0 Å². The number of hydrogen-bond donors (Lipinski definition) is 3. The standard InChI is InChI=1S/C10H13N5O/c1-6-8(4-12-14-6)3-11-10(16)9-5-13-15-7(9)2/h4-5H,3H2,1-2H3,(H,11,16)(H,12,14)(H,13,15). The number of H-pyrrole nitrogens is 2. The maximum Gasteiger partial charge on any atom is 0.255 e. The van der Waals surface area contributed by atoms with Crippen molar-refractivity contribution in [1.29, 1.82) is 0 Å². The summed E-state index contributed by atoms with van der Waals surface area (Å²) in [6.45, 7) is 4.19. The molecule has 2 rings (SSSR count). The molecule has 0 aliphatic rings. The van der Waals surface area contributed by atoms with Crippen molar-refractivity contribution in [2.45, 2.75) is 20.4 Å². The molecule has 0 fully saturated rings. The summed E-state index contributed by atoms with van der Waals surface area (Å²) in [5.74, 6) is -0.133. The van der Waals surface area contributed by atoms with Gasteiger partial charge in [-0.15, -0.1) is 0 Å². The van der Waals surface area contributed by atoms with Crippen molar-refractivity contribution < 1.29 is 4.79 Å². The normalized spacial score (nSPS) is 10.4. The number of aryl methyl sites for hydroxylation is 2. The highest BCUT2D eigenvalue weighted by Crippen LogP contribution is 2.05.